The highest BCUT2D eigenvalue weighted by molar-refractivity contribution is 6.86. The maximum absolute atomic E-state index is 14.6. The van der Waals surface area contributed by atoms with Gasteiger partial charge in [0.1, 0.15) is 0 Å². The molecule has 19 heavy (non-hydrogen) atoms. The zero-order valence-corrected chi connectivity index (χ0v) is 11.4. The first-order chi connectivity index (χ1) is 9.33. The van der Waals surface area contributed by atoms with E-state index in [1.165, 1.54) is 0 Å². The number of rotatable bonds is 6. The lowest BCUT2D eigenvalue weighted by Crippen LogP contribution is -2.50. The van der Waals surface area contributed by atoms with Crippen molar-refractivity contribution in [2.75, 3.05) is 0 Å². The highest BCUT2D eigenvalue weighted by atomic mass is 19.1. The molecule has 0 nitrogen and oxygen atoms in total. The highest BCUT2D eigenvalue weighted by Crippen LogP contribution is 2.09. The van der Waals surface area contributed by atoms with Gasteiger partial charge < -0.3 is 0 Å². The van der Waals surface area contributed by atoms with Crippen LogP contribution in [0.1, 0.15) is 26.2 Å². The van der Waals surface area contributed by atoms with E-state index in [-0.39, 0.29) is 6.71 Å². The Balaban J connectivity index is 2.29. The molecule has 0 radical (unpaired) electrons. The summed E-state index contributed by atoms with van der Waals surface area (Å²) in [6.07, 6.45) is 1.80. The summed E-state index contributed by atoms with van der Waals surface area (Å²) >= 11 is 0. The van der Waals surface area contributed by atoms with Crippen LogP contribution in [0.4, 0.5) is 4.39 Å². The predicted octanol–water partition coefficient (Wildman–Crippen LogP) is 3.36. The Labute approximate surface area is 115 Å². The Bertz CT molecular complexity index is 430. The summed E-state index contributed by atoms with van der Waals surface area (Å²) in [7, 11) is 0. The molecule has 0 aliphatic carbocycles. The second-order valence-corrected chi connectivity index (χ2v) is 4.96. The summed E-state index contributed by atoms with van der Waals surface area (Å²) in [5.74, 6) is 0. The largest absolute Gasteiger partial charge is 0.256 e. The van der Waals surface area contributed by atoms with E-state index in [1.807, 2.05) is 60.7 Å². The van der Waals surface area contributed by atoms with Crippen LogP contribution in [-0.4, -0.2) is 12.8 Å². The SMILES string of the molecule is CCCCC(F)B(c1ccccc1)c1ccccc1. The molecular weight excluding hydrogens is 234 g/mol. The predicted molar refractivity (Wildman–Crippen MR) is 82.3 cm³/mol. The third-order valence-corrected chi connectivity index (χ3v) is 3.51. The quantitative estimate of drug-likeness (QED) is 0.693. The Kier molecular flexibility index (Phi) is 5.20. The van der Waals surface area contributed by atoms with E-state index in [2.05, 4.69) is 6.92 Å². The van der Waals surface area contributed by atoms with Crippen molar-refractivity contribution < 1.29 is 4.39 Å². The van der Waals surface area contributed by atoms with Gasteiger partial charge in [0.15, 0.2) is 0 Å². The normalized spacial score (nSPS) is 12.1. The molecule has 0 aliphatic heterocycles. The van der Waals surface area contributed by atoms with Gasteiger partial charge in [0, 0.05) is 0 Å². The van der Waals surface area contributed by atoms with Crippen molar-refractivity contribution in [1.82, 2.24) is 0 Å². The molecule has 0 spiro atoms. The van der Waals surface area contributed by atoms with E-state index in [4.69, 9.17) is 0 Å². The molecule has 2 heteroatoms. The fourth-order valence-corrected chi connectivity index (χ4v) is 2.50. The van der Waals surface area contributed by atoms with Gasteiger partial charge in [-0.3, -0.25) is 4.39 Å². The topological polar surface area (TPSA) is 0 Å². The zero-order chi connectivity index (χ0) is 13.5. The van der Waals surface area contributed by atoms with E-state index in [0.29, 0.717) is 6.42 Å². The van der Waals surface area contributed by atoms with Crippen molar-refractivity contribution in [2.45, 2.75) is 32.3 Å². The molecule has 0 aliphatic rings. The molecule has 0 amide bonds. The molecule has 98 valence electrons. The van der Waals surface area contributed by atoms with Gasteiger partial charge in [-0.25, -0.2) is 0 Å². The molecule has 0 saturated carbocycles. The number of halogens is 1. The Morgan fingerprint density at radius 3 is 1.79 bits per heavy atom. The lowest BCUT2D eigenvalue weighted by atomic mass is 9.37. The van der Waals surface area contributed by atoms with Crippen molar-refractivity contribution in [3.63, 3.8) is 0 Å². The van der Waals surface area contributed by atoms with Crippen molar-refractivity contribution in [2.24, 2.45) is 0 Å². The van der Waals surface area contributed by atoms with Gasteiger partial charge in [0.05, 0.1) is 6.07 Å². The molecule has 1 atom stereocenters. The first-order valence-corrected chi connectivity index (χ1v) is 7.07. The second-order valence-electron chi connectivity index (χ2n) is 4.96. The first-order valence-electron chi connectivity index (χ1n) is 7.07. The molecule has 2 aromatic carbocycles. The van der Waals surface area contributed by atoms with Crippen LogP contribution in [0.15, 0.2) is 60.7 Å². The Morgan fingerprint density at radius 2 is 1.37 bits per heavy atom. The van der Waals surface area contributed by atoms with Crippen LogP contribution in [0.5, 0.6) is 0 Å². The molecule has 1 unspecified atom stereocenters. The summed E-state index contributed by atoms with van der Waals surface area (Å²) in [5.41, 5.74) is 2.13. The molecule has 0 N–H and O–H groups in total. The van der Waals surface area contributed by atoms with Gasteiger partial charge in [-0.1, -0.05) is 91.4 Å². The van der Waals surface area contributed by atoms with Crippen LogP contribution >= 0.6 is 0 Å². The van der Waals surface area contributed by atoms with Crippen molar-refractivity contribution in [3.8, 4) is 0 Å². The van der Waals surface area contributed by atoms with Crippen LogP contribution in [0.2, 0.25) is 0 Å². The lowest BCUT2D eigenvalue weighted by molar-refractivity contribution is 0.403. The van der Waals surface area contributed by atoms with Gasteiger partial charge >= 0.3 is 0 Å². The van der Waals surface area contributed by atoms with Gasteiger partial charge in [0.25, 0.3) is 0 Å². The van der Waals surface area contributed by atoms with Crippen molar-refractivity contribution in [3.05, 3.63) is 60.7 Å². The average Bonchev–Trinajstić information content (AvgIpc) is 2.47. The summed E-state index contributed by atoms with van der Waals surface area (Å²) in [4.78, 5) is 0. The van der Waals surface area contributed by atoms with Crippen LogP contribution in [-0.2, 0) is 0 Å². The summed E-state index contributed by atoms with van der Waals surface area (Å²) in [6.45, 7) is 1.96. The molecule has 0 bridgehead atoms. The van der Waals surface area contributed by atoms with Crippen LogP contribution in [0, 0.1) is 0 Å². The minimum atomic E-state index is -0.815. The minimum Gasteiger partial charge on any atom is -0.256 e. The van der Waals surface area contributed by atoms with Gasteiger partial charge in [-0.2, -0.15) is 0 Å². The molecule has 0 saturated heterocycles. The molecule has 2 rings (SSSR count). The molecular formula is C17H20BF. The number of unbranched alkanes of at least 4 members (excludes halogenated alkanes) is 1. The molecule has 0 aromatic heterocycles. The Morgan fingerprint density at radius 1 is 0.895 bits per heavy atom. The van der Waals surface area contributed by atoms with Gasteiger partial charge in [0.2, 0.25) is 6.71 Å². The molecule has 2 aromatic rings. The summed E-state index contributed by atoms with van der Waals surface area (Å²) in [6, 6.07) is 20.0. The van der Waals surface area contributed by atoms with Gasteiger partial charge in [-0.15, -0.1) is 0 Å². The number of benzene rings is 2. The minimum absolute atomic E-state index is 0.144. The fraction of sp³-hybridized carbons (Fsp3) is 0.294. The summed E-state index contributed by atoms with van der Waals surface area (Å²) in [5, 5.41) is 0. The van der Waals surface area contributed by atoms with E-state index in [1.54, 1.807) is 0 Å². The third-order valence-electron chi connectivity index (χ3n) is 3.51. The van der Waals surface area contributed by atoms with Crippen LogP contribution < -0.4 is 10.9 Å². The standard InChI is InChI=1S/C17H20BF/c1-2-3-14-17(19)18(15-10-6-4-7-11-15)16-12-8-5-9-13-16/h4-13,17H,2-3,14H2,1H3. The fourth-order valence-electron chi connectivity index (χ4n) is 2.50. The van der Waals surface area contributed by atoms with E-state index >= 15 is 0 Å². The maximum atomic E-state index is 14.6. The van der Waals surface area contributed by atoms with E-state index in [9.17, 15) is 4.39 Å². The van der Waals surface area contributed by atoms with Gasteiger partial charge in [-0.05, 0) is 6.42 Å². The second kappa shape index (κ2) is 7.13. The summed E-state index contributed by atoms with van der Waals surface area (Å²) < 4.78 is 14.6. The number of alkyl halides is 1. The molecule has 0 heterocycles. The van der Waals surface area contributed by atoms with Crippen molar-refractivity contribution >= 4 is 17.6 Å². The molecule has 0 fully saturated rings. The highest BCUT2D eigenvalue weighted by Gasteiger charge is 2.28. The number of hydrogen-bond donors (Lipinski definition) is 0. The van der Waals surface area contributed by atoms with Crippen molar-refractivity contribution in [1.29, 1.82) is 0 Å². The smallest absolute Gasteiger partial charge is 0.248 e. The maximum Gasteiger partial charge on any atom is 0.248 e. The van der Waals surface area contributed by atoms with E-state index in [0.717, 1.165) is 23.8 Å². The first kappa shape index (κ1) is 13.9. The Hall–Kier alpha value is -1.57. The monoisotopic (exact) mass is 254 g/mol. The zero-order valence-electron chi connectivity index (χ0n) is 11.4. The average molecular weight is 254 g/mol. The van der Waals surface area contributed by atoms with Crippen LogP contribution in [0.25, 0.3) is 0 Å². The number of hydrogen-bond acceptors (Lipinski definition) is 0. The van der Waals surface area contributed by atoms with Crippen LogP contribution in [0.3, 0.4) is 0 Å². The van der Waals surface area contributed by atoms with E-state index < -0.39 is 6.07 Å². The lowest BCUT2D eigenvalue weighted by Gasteiger charge is -2.19. The third kappa shape index (κ3) is 3.70.